The van der Waals surface area contributed by atoms with Gasteiger partial charge in [-0.1, -0.05) is 30.4 Å². The summed E-state index contributed by atoms with van der Waals surface area (Å²) in [7, 11) is 0. The average Bonchev–Trinajstić information content (AvgIpc) is 2.01. The third-order valence-electron chi connectivity index (χ3n) is 2.31. The molecule has 2 nitrogen and oxygen atoms in total. The summed E-state index contributed by atoms with van der Waals surface area (Å²) < 4.78 is 5.19. The molecule has 0 fully saturated rings. The van der Waals surface area contributed by atoms with Crippen molar-refractivity contribution in [2.24, 2.45) is 5.92 Å². The second-order valence-corrected chi connectivity index (χ2v) is 3.69. The van der Waals surface area contributed by atoms with E-state index in [0.29, 0.717) is 0 Å². The van der Waals surface area contributed by atoms with Crippen LogP contribution in [0.3, 0.4) is 0 Å². The summed E-state index contributed by atoms with van der Waals surface area (Å²) in [5, 5.41) is 0. The molecule has 1 aliphatic carbocycles. The van der Waals surface area contributed by atoms with Gasteiger partial charge < -0.3 is 4.74 Å². The molecule has 0 bridgehead atoms. The first-order valence-electron chi connectivity index (χ1n) is 4.69. The van der Waals surface area contributed by atoms with Crippen molar-refractivity contribution in [2.75, 3.05) is 0 Å². The van der Waals surface area contributed by atoms with Crippen LogP contribution in [0.2, 0.25) is 0 Å². The number of allylic oxidation sites excluding steroid dienone is 1. The molecule has 0 unspecified atom stereocenters. The molecule has 0 saturated carbocycles. The third-order valence-corrected chi connectivity index (χ3v) is 2.31. The average molecular weight is 192 g/mol. The number of esters is 1. The molecule has 0 aromatic rings. The van der Waals surface area contributed by atoms with Crippen LogP contribution >= 0.6 is 0 Å². The number of ether oxygens (including phenoxy) is 1. The largest absolute Gasteiger partial charge is 0.457 e. The molecule has 0 amide bonds. The minimum absolute atomic E-state index is 0.0731. The standard InChI is InChI=1S/C12H16O2/c1-8(2)12-9(3)6-5-7-11(12)14-10(4)13/h5,7,11-12H,1,3,6H2,2,4H3/t11-,12-/m1/s1. The van der Waals surface area contributed by atoms with Gasteiger partial charge in [-0.2, -0.15) is 0 Å². The van der Waals surface area contributed by atoms with Gasteiger partial charge in [-0.05, 0) is 19.4 Å². The van der Waals surface area contributed by atoms with E-state index in [9.17, 15) is 4.79 Å². The van der Waals surface area contributed by atoms with E-state index in [4.69, 9.17) is 4.74 Å². The summed E-state index contributed by atoms with van der Waals surface area (Å²) in [5.74, 6) is -0.190. The molecule has 14 heavy (non-hydrogen) atoms. The van der Waals surface area contributed by atoms with E-state index >= 15 is 0 Å². The van der Waals surface area contributed by atoms with E-state index in [-0.39, 0.29) is 18.0 Å². The second-order valence-electron chi connectivity index (χ2n) is 3.69. The SMILES string of the molecule is C=C(C)[C@@H]1C(=C)CC=C[C@H]1OC(C)=O. The Labute approximate surface area is 85.0 Å². The number of carbonyl (C=O) groups excluding carboxylic acids is 1. The molecule has 2 atom stereocenters. The van der Waals surface area contributed by atoms with Crippen LogP contribution in [-0.2, 0) is 9.53 Å². The summed E-state index contributed by atoms with van der Waals surface area (Å²) in [5.41, 5.74) is 2.05. The van der Waals surface area contributed by atoms with Crippen molar-refractivity contribution >= 4 is 5.97 Å². The molecule has 0 N–H and O–H groups in total. The normalized spacial score (nSPS) is 26.0. The van der Waals surface area contributed by atoms with Crippen LogP contribution < -0.4 is 0 Å². The highest BCUT2D eigenvalue weighted by Gasteiger charge is 2.27. The summed E-state index contributed by atoms with van der Waals surface area (Å²) in [6.07, 6.45) is 4.52. The summed E-state index contributed by atoms with van der Waals surface area (Å²) in [6, 6.07) is 0. The van der Waals surface area contributed by atoms with E-state index in [1.54, 1.807) is 0 Å². The van der Waals surface area contributed by atoms with Crippen molar-refractivity contribution < 1.29 is 9.53 Å². The Morgan fingerprint density at radius 1 is 1.57 bits per heavy atom. The maximum absolute atomic E-state index is 10.9. The fourth-order valence-electron chi connectivity index (χ4n) is 1.75. The molecule has 0 aromatic heterocycles. The monoisotopic (exact) mass is 192 g/mol. The van der Waals surface area contributed by atoms with E-state index in [2.05, 4.69) is 13.2 Å². The zero-order valence-corrected chi connectivity index (χ0v) is 8.75. The Morgan fingerprint density at radius 3 is 2.71 bits per heavy atom. The van der Waals surface area contributed by atoms with Crippen LogP contribution in [0.4, 0.5) is 0 Å². The van der Waals surface area contributed by atoms with Gasteiger partial charge in [0.15, 0.2) is 0 Å². The van der Waals surface area contributed by atoms with Gasteiger partial charge in [0.2, 0.25) is 0 Å². The molecule has 0 saturated heterocycles. The zero-order chi connectivity index (χ0) is 10.7. The maximum Gasteiger partial charge on any atom is 0.303 e. The lowest BCUT2D eigenvalue weighted by molar-refractivity contribution is -0.145. The molecule has 0 aliphatic heterocycles. The predicted molar refractivity (Wildman–Crippen MR) is 56.8 cm³/mol. The first kappa shape index (κ1) is 10.8. The first-order chi connectivity index (χ1) is 6.52. The van der Waals surface area contributed by atoms with E-state index in [1.807, 2.05) is 19.1 Å². The van der Waals surface area contributed by atoms with Gasteiger partial charge in [0, 0.05) is 12.8 Å². The van der Waals surface area contributed by atoms with Gasteiger partial charge in [-0.25, -0.2) is 0 Å². The van der Waals surface area contributed by atoms with Crippen molar-refractivity contribution in [1.82, 2.24) is 0 Å². The first-order valence-corrected chi connectivity index (χ1v) is 4.69. The van der Waals surface area contributed by atoms with Crippen LogP contribution in [0, 0.1) is 5.92 Å². The molecular weight excluding hydrogens is 176 g/mol. The van der Waals surface area contributed by atoms with Crippen molar-refractivity contribution in [3.8, 4) is 0 Å². The van der Waals surface area contributed by atoms with Crippen LogP contribution in [-0.4, -0.2) is 12.1 Å². The molecular formula is C12H16O2. The minimum Gasteiger partial charge on any atom is -0.457 e. The highest BCUT2D eigenvalue weighted by molar-refractivity contribution is 5.66. The van der Waals surface area contributed by atoms with Crippen molar-refractivity contribution in [2.45, 2.75) is 26.4 Å². The van der Waals surface area contributed by atoms with Gasteiger partial charge in [-0.3, -0.25) is 4.79 Å². The number of hydrogen-bond acceptors (Lipinski definition) is 2. The van der Waals surface area contributed by atoms with Crippen LogP contribution in [0.25, 0.3) is 0 Å². The molecule has 0 aromatic carbocycles. The zero-order valence-electron chi connectivity index (χ0n) is 8.75. The third kappa shape index (κ3) is 2.34. The second kappa shape index (κ2) is 4.27. The van der Waals surface area contributed by atoms with Gasteiger partial charge in [0.1, 0.15) is 6.10 Å². The van der Waals surface area contributed by atoms with Crippen LogP contribution in [0.1, 0.15) is 20.3 Å². The minimum atomic E-state index is -0.263. The van der Waals surface area contributed by atoms with E-state index in [0.717, 1.165) is 17.6 Å². The van der Waals surface area contributed by atoms with Gasteiger partial charge >= 0.3 is 5.97 Å². The predicted octanol–water partition coefficient (Wildman–Crippen LogP) is 2.63. The number of hydrogen-bond donors (Lipinski definition) is 0. The molecule has 0 radical (unpaired) electrons. The van der Waals surface area contributed by atoms with E-state index in [1.165, 1.54) is 6.92 Å². The maximum atomic E-state index is 10.9. The molecule has 76 valence electrons. The highest BCUT2D eigenvalue weighted by atomic mass is 16.5. The summed E-state index contributed by atoms with van der Waals surface area (Å²) >= 11 is 0. The van der Waals surface area contributed by atoms with Crippen LogP contribution in [0.15, 0.2) is 36.5 Å². The molecule has 1 aliphatic rings. The van der Waals surface area contributed by atoms with Gasteiger partial charge in [0.05, 0.1) is 0 Å². The lowest BCUT2D eigenvalue weighted by Gasteiger charge is -2.29. The lowest BCUT2D eigenvalue weighted by atomic mass is 9.83. The topological polar surface area (TPSA) is 26.3 Å². The quantitative estimate of drug-likeness (QED) is 0.496. The molecule has 0 heterocycles. The lowest BCUT2D eigenvalue weighted by Crippen LogP contribution is -2.28. The smallest absolute Gasteiger partial charge is 0.303 e. The van der Waals surface area contributed by atoms with Gasteiger partial charge in [0.25, 0.3) is 0 Å². The Morgan fingerprint density at radius 2 is 2.21 bits per heavy atom. The Bertz CT molecular complexity index is 299. The van der Waals surface area contributed by atoms with Gasteiger partial charge in [-0.15, -0.1) is 0 Å². The Kier molecular flexibility index (Phi) is 3.28. The molecule has 1 rings (SSSR count). The summed E-state index contributed by atoms with van der Waals surface area (Å²) in [6.45, 7) is 11.2. The number of carbonyl (C=O) groups is 1. The molecule has 2 heteroatoms. The summed E-state index contributed by atoms with van der Waals surface area (Å²) in [4.78, 5) is 10.9. The Balaban J connectivity index is 2.84. The van der Waals surface area contributed by atoms with Crippen molar-refractivity contribution in [1.29, 1.82) is 0 Å². The fourth-order valence-corrected chi connectivity index (χ4v) is 1.75. The fraction of sp³-hybridized carbons (Fsp3) is 0.417. The van der Waals surface area contributed by atoms with E-state index < -0.39 is 0 Å². The number of rotatable bonds is 2. The Hall–Kier alpha value is -1.31. The van der Waals surface area contributed by atoms with Crippen molar-refractivity contribution in [3.63, 3.8) is 0 Å². The molecule has 0 spiro atoms. The van der Waals surface area contributed by atoms with Crippen LogP contribution in [0.5, 0.6) is 0 Å². The highest BCUT2D eigenvalue weighted by Crippen LogP contribution is 2.30. The van der Waals surface area contributed by atoms with Crippen molar-refractivity contribution in [3.05, 3.63) is 36.5 Å².